The molecule has 25 heavy (non-hydrogen) atoms. The Hall–Kier alpha value is -2.41. The molecular formula is C18H17BrN2O4. The minimum atomic E-state index is -0.907. The number of nitrogens with zero attached hydrogens (tertiary/aromatic N) is 2. The number of hydrogen-bond donors (Lipinski definition) is 1. The number of halogens is 1. The topological polar surface area (TPSA) is 83.1 Å². The van der Waals surface area contributed by atoms with Crippen molar-refractivity contribution in [1.29, 1.82) is 0 Å². The molecule has 0 saturated carbocycles. The summed E-state index contributed by atoms with van der Waals surface area (Å²) in [4.78, 5) is 23.2. The van der Waals surface area contributed by atoms with E-state index in [1.807, 2.05) is 30.3 Å². The van der Waals surface area contributed by atoms with Gasteiger partial charge in [-0.2, -0.15) is 5.10 Å². The van der Waals surface area contributed by atoms with Crippen LogP contribution in [-0.4, -0.2) is 27.7 Å². The Morgan fingerprint density at radius 3 is 2.64 bits per heavy atom. The van der Waals surface area contributed by atoms with Gasteiger partial charge in [-0.05, 0) is 36.2 Å². The summed E-state index contributed by atoms with van der Waals surface area (Å²) < 4.78 is 6.45. The van der Waals surface area contributed by atoms with E-state index >= 15 is 0 Å². The second-order valence-electron chi connectivity index (χ2n) is 5.77. The molecule has 1 aliphatic rings. The Morgan fingerprint density at radius 1 is 1.24 bits per heavy atom. The fraction of sp³-hybridized carbons (Fsp3) is 0.278. The lowest BCUT2D eigenvalue weighted by Gasteiger charge is -2.19. The summed E-state index contributed by atoms with van der Waals surface area (Å²) >= 11 is 3.41. The smallest absolute Gasteiger partial charge is 0.303 e. The molecule has 1 unspecified atom stereocenters. The highest BCUT2D eigenvalue weighted by atomic mass is 79.9. The zero-order valence-corrected chi connectivity index (χ0v) is 15.0. The lowest BCUT2D eigenvalue weighted by atomic mass is 10.0. The van der Waals surface area contributed by atoms with Crippen LogP contribution in [0.25, 0.3) is 0 Å². The Balaban J connectivity index is 1.80. The van der Waals surface area contributed by atoms with Gasteiger partial charge in [0.2, 0.25) is 5.91 Å². The van der Waals surface area contributed by atoms with E-state index in [1.54, 1.807) is 12.3 Å². The molecule has 2 heterocycles. The molecule has 1 aromatic carbocycles. The maximum Gasteiger partial charge on any atom is 0.303 e. The summed E-state index contributed by atoms with van der Waals surface area (Å²) in [5.74, 6) is -0.437. The number of hydrazone groups is 1. The molecule has 2 aromatic rings. The van der Waals surface area contributed by atoms with Crippen molar-refractivity contribution in [3.05, 3.63) is 58.5 Å². The average Bonchev–Trinajstić information content (AvgIpc) is 3.24. The second-order valence-corrected chi connectivity index (χ2v) is 6.69. The third kappa shape index (κ3) is 4.17. The monoisotopic (exact) mass is 404 g/mol. The number of aliphatic carboxylic acids is 1. The lowest BCUT2D eigenvalue weighted by molar-refractivity contribution is -0.137. The van der Waals surface area contributed by atoms with Gasteiger partial charge in [0.15, 0.2) is 0 Å². The van der Waals surface area contributed by atoms with Crippen LogP contribution in [0.3, 0.4) is 0 Å². The first-order valence-electron chi connectivity index (χ1n) is 7.95. The van der Waals surface area contributed by atoms with Crippen molar-refractivity contribution in [2.75, 3.05) is 0 Å². The summed E-state index contributed by atoms with van der Waals surface area (Å²) in [5.41, 5.74) is 1.75. The first kappa shape index (κ1) is 17.4. The Morgan fingerprint density at radius 2 is 2.00 bits per heavy atom. The minimum Gasteiger partial charge on any atom is -0.481 e. The predicted molar refractivity (Wildman–Crippen MR) is 95.1 cm³/mol. The van der Waals surface area contributed by atoms with Crippen LogP contribution < -0.4 is 0 Å². The van der Waals surface area contributed by atoms with Gasteiger partial charge in [-0.3, -0.25) is 9.59 Å². The number of furan rings is 1. The highest BCUT2D eigenvalue weighted by Crippen LogP contribution is 2.33. The van der Waals surface area contributed by atoms with E-state index < -0.39 is 5.97 Å². The van der Waals surface area contributed by atoms with Gasteiger partial charge in [0.05, 0.1) is 12.0 Å². The first-order valence-corrected chi connectivity index (χ1v) is 8.74. The molecule has 1 amide bonds. The number of hydrogen-bond acceptors (Lipinski definition) is 4. The third-order valence-electron chi connectivity index (χ3n) is 4.00. The molecule has 0 saturated heterocycles. The molecular weight excluding hydrogens is 388 g/mol. The number of benzene rings is 1. The maximum atomic E-state index is 12.5. The van der Waals surface area contributed by atoms with Gasteiger partial charge in [0.1, 0.15) is 11.8 Å². The fourth-order valence-corrected chi connectivity index (χ4v) is 3.03. The minimum absolute atomic E-state index is 0.0335. The molecule has 6 nitrogen and oxygen atoms in total. The van der Waals surface area contributed by atoms with Gasteiger partial charge in [-0.25, -0.2) is 5.01 Å². The van der Waals surface area contributed by atoms with Crippen LogP contribution in [0.4, 0.5) is 0 Å². The van der Waals surface area contributed by atoms with Crippen molar-refractivity contribution in [2.45, 2.75) is 31.7 Å². The number of amides is 1. The summed E-state index contributed by atoms with van der Waals surface area (Å²) in [7, 11) is 0. The Labute approximate surface area is 153 Å². The van der Waals surface area contributed by atoms with Crippen LogP contribution in [0.5, 0.6) is 0 Å². The van der Waals surface area contributed by atoms with Crippen molar-refractivity contribution in [1.82, 2.24) is 5.01 Å². The van der Waals surface area contributed by atoms with Crippen LogP contribution in [0.15, 0.2) is 56.7 Å². The van der Waals surface area contributed by atoms with E-state index in [2.05, 4.69) is 21.0 Å². The molecule has 1 atom stereocenters. The number of carbonyl (C=O) groups is 2. The van der Waals surface area contributed by atoms with Crippen LogP contribution in [0.1, 0.15) is 43.0 Å². The summed E-state index contributed by atoms with van der Waals surface area (Å²) in [6, 6.07) is 11.0. The average molecular weight is 405 g/mol. The van der Waals surface area contributed by atoms with E-state index in [1.165, 1.54) is 5.01 Å². The zero-order valence-electron chi connectivity index (χ0n) is 13.4. The SMILES string of the molecule is O=C(O)CCCC(=O)N1N=C(c2ccc(Br)cc2)CC1c1ccco1. The quantitative estimate of drug-likeness (QED) is 0.788. The highest BCUT2D eigenvalue weighted by molar-refractivity contribution is 9.10. The molecule has 1 N–H and O–H groups in total. The number of carboxylic acid groups (broad SMARTS) is 1. The van der Waals surface area contributed by atoms with Gasteiger partial charge < -0.3 is 9.52 Å². The molecule has 3 rings (SSSR count). The van der Waals surface area contributed by atoms with Crippen LogP contribution >= 0.6 is 15.9 Å². The van der Waals surface area contributed by atoms with Gasteiger partial charge in [0, 0.05) is 23.7 Å². The molecule has 0 bridgehead atoms. The molecule has 0 radical (unpaired) electrons. The summed E-state index contributed by atoms with van der Waals surface area (Å²) in [6.07, 6.45) is 2.52. The van der Waals surface area contributed by atoms with Crippen molar-refractivity contribution in [2.24, 2.45) is 5.10 Å². The normalized spacial score (nSPS) is 16.8. The van der Waals surface area contributed by atoms with E-state index in [9.17, 15) is 9.59 Å². The van der Waals surface area contributed by atoms with Crippen LogP contribution in [0, 0.1) is 0 Å². The van der Waals surface area contributed by atoms with E-state index in [-0.39, 0.29) is 24.8 Å². The highest BCUT2D eigenvalue weighted by Gasteiger charge is 2.34. The van der Waals surface area contributed by atoms with Crippen LogP contribution in [-0.2, 0) is 9.59 Å². The van der Waals surface area contributed by atoms with E-state index in [0.717, 1.165) is 15.7 Å². The third-order valence-corrected chi connectivity index (χ3v) is 4.52. The molecule has 0 spiro atoms. The van der Waals surface area contributed by atoms with Crippen molar-refractivity contribution in [3.63, 3.8) is 0 Å². The maximum absolute atomic E-state index is 12.5. The largest absolute Gasteiger partial charge is 0.481 e. The van der Waals surface area contributed by atoms with E-state index in [0.29, 0.717) is 18.6 Å². The Bertz CT molecular complexity index is 784. The predicted octanol–water partition coefficient (Wildman–Crippen LogP) is 3.97. The molecule has 0 aliphatic carbocycles. The molecule has 130 valence electrons. The van der Waals surface area contributed by atoms with Gasteiger partial charge in [-0.15, -0.1) is 0 Å². The second kappa shape index (κ2) is 7.65. The van der Waals surface area contributed by atoms with Gasteiger partial charge in [-0.1, -0.05) is 28.1 Å². The number of carboxylic acids is 1. The number of rotatable bonds is 6. The summed E-state index contributed by atoms with van der Waals surface area (Å²) in [5, 5.41) is 14.7. The molecule has 1 aromatic heterocycles. The number of carbonyl (C=O) groups excluding carboxylic acids is 1. The standard InChI is InChI=1S/C18H17BrN2O4/c19-13-8-6-12(7-9-13)14-11-15(16-3-2-10-25-16)21(20-14)17(22)4-1-5-18(23)24/h2-3,6-10,15H,1,4-5,11H2,(H,23,24). The fourth-order valence-electron chi connectivity index (χ4n) is 2.76. The molecule has 0 fully saturated rings. The van der Waals surface area contributed by atoms with Crippen molar-refractivity contribution in [3.8, 4) is 0 Å². The first-order chi connectivity index (χ1) is 12.0. The van der Waals surface area contributed by atoms with E-state index in [4.69, 9.17) is 9.52 Å². The van der Waals surface area contributed by atoms with Gasteiger partial charge >= 0.3 is 5.97 Å². The van der Waals surface area contributed by atoms with Crippen molar-refractivity contribution >= 4 is 33.5 Å². The zero-order chi connectivity index (χ0) is 17.8. The Kier molecular flexibility index (Phi) is 5.33. The lowest BCUT2D eigenvalue weighted by Crippen LogP contribution is -2.26. The summed E-state index contributed by atoms with van der Waals surface area (Å²) in [6.45, 7) is 0. The van der Waals surface area contributed by atoms with Gasteiger partial charge in [0.25, 0.3) is 0 Å². The van der Waals surface area contributed by atoms with Crippen LogP contribution in [0.2, 0.25) is 0 Å². The van der Waals surface area contributed by atoms with Crippen molar-refractivity contribution < 1.29 is 19.1 Å². The molecule has 7 heteroatoms. The molecule has 1 aliphatic heterocycles.